The number of halogens is 1. The van der Waals surface area contributed by atoms with Crippen LogP contribution in [0, 0.1) is 0 Å². The van der Waals surface area contributed by atoms with Crippen LogP contribution in [0.15, 0.2) is 18.2 Å². The zero-order chi connectivity index (χ0) is 17.5. The number of rotatable bonds is 9. The maximum atomic E-state index is 12.4. The van der Waals surface area contributed by atoms with Gasteiger partial charge in [-0.25, -0.2) is 0 Å². The summed E-state index contributed by atoms with van der Waals surface area (Å²) in [4.78, 5) is 12.4. The van der Waals surface area contributed by atoms with Gasteiger partial charge in [0.25, 0.3) is 5.91 Å². The van der Waals surface area contributed by atoms with Crippen molar-refractivity contribution < 1.29 is 19.0 Å². The van der Waals surface area contributed by atoms with Gasteiger partial charge in [0.2, 0.25) is 0 Å². The average Bonchev–Trinajstić information content (AvgIpc) is 2.50. The van der Waals surface area contributed by atoms with Gasteiger partial charge < -0.3 is 19.5 Å². The maximum Gasteiger partial charge on any atom is 0.256 e. The molecule has 6 heteroatoms. The van der Waals surface area contributed by atoms with E-state index in [0.29, 0.717) is 29.5 Å². The molecule has 0 fully saturated rings. The summed E-state index contributed by atoms with van der Waals surface area (Å²) in [5, 5.41) is 3.27. The van der Waals surface area contributed by atoms with Gasteiger partial charge in [-0.1, -0.05) is 24.9 Å². The minimum absolute atomic E-state index is 0.112. The van der Waals surface area contributed by atoms with Crippen molar-refractivity contribution in [3.05, 3.63) is 23.2 Å². The van der Waals surface area contributed by atoms with E-state index in [9.17, 15) is 4.79 Å². The Balaban J connectivity index is 2.79. The molecule has 130 valence electrons. The zero-order valence-corrected chi connectivity index (χ0v) is 15.2. The van der Waals surface area contributed by atoms with E-state index < -0.39 is 5.60 Å². The highest BCUT2D eigenvalue weighted by atomic mass is 35.5. The van der Waals surface area contributed by atoms with E-state index in [1.54, 1.807) is 32.2 Å². The molecule has 23 heavy (non-hydrogen) atoms. The molecule has 0 saturated heterocycles. The van der Waals surface area contributed by atoms with E-state index in [2.05, 4.69) is 5.32 Å². The zero-order valence-electron chi connectivity index (χ0n) is 14.4. The second-order valence-corrected chi connectivity index (χ2v) is 6.08. The van der Waals surface area contributed by atoms with Crippen molar-refractivity contribution in [3.8, 4) is 5.75 Å². The van der Waals surface area contributed by atoms with Gasteiger partial charge in [0.15, 0.2) is 0 Å². The highest BCUT2D eigenvalue weighted by Crippen LogP contribution is 2.29. The number of ether oxygens (including phenoxy) is 3. The molecule has 0 aliphatic rings. The third-order valence-electron chi connectivity index (χ3n) is 3.58. The van der Waals surface area contributed by atoms with E-state index in [4.69, 9.17) is 25.8 Å². The molecule has 0 bridgehead atoms. The lowest BCUT2D eigenvalue weighted by Crippen LogP contribution is -2.41. The first-order valence-electron chi connectivity index (χ1n) is 7.68. The highest BCUT2D eigenvalue weighted by molar-refractivity contribution is 6.32. The van der Waals surface area contributed by atoms with Gasteiger partial charge in [0, 0.05) is 19.9 Å². The summed E-state index contributed by atoms with van der Waals surface area (Å²) in [5.74, 6) is 0.358. The summed E-state index contributed by atoms with van der Waals surface area (Å²) >= 11 is 6.22. The molecule has 1 rings (SSSR count). The van der Waals surface area contributed by atoms with Crippen molar-refractivity contribution in [1.82, 2.24) is 0 Å². The third-order valence-corrected chi connectivity index (χ3v) is 3.87. The number of carbonyl (C=O) groups is 1. The summed E-state index contributed by atoms with van der Waals surface area (Å²) in [6, 6.07) is 5.14. The molecule has 0 spiro atoms. The molecule has 1 N–H and O–H groups in total. The Kier molecular flexibility index (Phi) is 7.82. The number of methoxy groups -OCH3 is 2. The third kappa shape index (κ3) is 5.68. The van der Waals surface area contributed by atoms with Gasteiger partial charge in [0.1, 0.15) is 17.5 Å². The quantitative estimate of drug-likeness (QED) is 0.738. The molecule has 1 aromatic rings. The van der Waals surface area contributed by atoms with Gasteiger partial charge in [-0.15, -0.1) is 0 Å². The lowest BCUT2D eigenvalue weighted by atomic mass is 9.99. The molecule has 5 nitrogen and oxygen atoms in total. The molecule has 2 atom stereocenters. The first-order valence-corrected chi connectivity index (χ1v) is 8.05. The van der Waals surface area contributed by atoms with Crippen LogP contribution >= 0.6 is 11.6 Å². The first-order chi connectivity index (χ1) is 10.9. The number of anilines is 1. The molecule has 0 radical (unpaired) electrons. The highest BCUT2D eigenvalue weighted by Gasteiger charge is 2.32. The Morgan fingerprint density at radius 3 is 2.61 bits per heavy atom. The summed E-state index contributed by atoms with van der Waals surface area (Å²) in [6.45, 7) is 6.15. The fourth-order valence-corrected chi connectivity index (χ4v) is 2.43. The normalized spacial score (nSPS) is 14.9. The Bertz CT molecular complexity index is 523. The number of hydrogen-bond donors (Lipinski definition) is 1. The van der Waals surface area contributed by atoms with Crippen molar-refractivity contribution in [3.63, 3.8) is 0 Å². The topological polar surface area (TPSA) is 56.8 Å². The minimum Gasteiger partial charge on any atom is -0.487 e. The summed E-state index contributed by atoms with van der Waals surface area (Å²) in [6.07, 6.45) is 1.38. The van der Waals surface area contributed by atoms with E-state index in [1.165, 1.54) is 7.11 Å². The van der Waals surface area contributed by atoms with Crippen LogP contribution in [0.1, 0.15) is 33.6 Å². The molecule has 0 aliphatic heterocycles. The fourth-order valence-electron chi connectivity index (χ4n) is 2.21. The summed E-state index contributed by atoms with van der Waals surface area (Å²) in [5.41, 5.74) is -0.255. The number of amides is 1. The van der Waals surface area contributed by atoms with Gasteiger partial charge >= 0.3 is 0 Å². The average molecular weight is 344 g/mol. The van der Waals surface area contributed by atoms with E-state index in [-0.39, 0.29) is 12.0 Å². The minimum atomic E-state index is -0.858. The van der Waals surface area contributed by atoms with Crippen molar-refractivity contribution >= 4 is 23.2 Å². The van der Waals surface area contributed by atoms with Crippen LogP contribution in [0.4, 0.5) is 5.69 Å². The standard InChI is InChI=1S/C17H26ClNO4/c1-6-9-17(3,22-5)16(20)19-13-7-8-15(14(18)10-13)23-12(2)11-21-4/h7-8,10,12H,6,9,11H2,1-5H3,(H,19,20)/t12-,17+/m1/s1. The van der Waals surface area contributed by atoms with Crippen molar-refractivity contribution in [2.45, 2.75) is 45.3 Å². The molecule has 0 unspecified atom stereocenters. The van der Waals surface area contributed by atoms with Crippen LogP contribution in [0.25, 0.3) is 0 Å². The molecular weight excluding hydrogens is 318 g/mol. The number of carbonyl (C=O) groups excluding carboxylic acids is 1. The smallest absolute Gasteiger partial charge is 0.256 e. The van der Waals surface area contributed by atoms with Gasteiger partial charge in [0.05, 0.1) is 11.6 Å². The van der Waals surface area contributed by atoms with Crippen LogP contribution < -0.4 is 10.1 Å². The maximum absolute atomic E-state index is 12.4. The van der Waals surface area contributed by atoms with Crippen LogP contribution in [0.5, 0.6) is 5.75 Å². The van der Waals surface area contributed by atoms with Gasteiger partial charge in [-0.2, -0.15) is 0 Å². The summed E-state index contributed by atoms with van der Waals surface area (Å²) in [7, 11) is 3.15. The Morgan fingerprint density at radius 2 is 2.09 bits per heavy atom. The predicted octanol–water partition coefficient (Wildman–Crippen LogP) is 3.90. The van der Waals surface area contributed by atoms with Gasteiger partial charge in [-0.3, -0.25) is 4.79 Å². The Labute approximate surface area is 143 Å². The predicted molar refractivity (Wildman–Crippen MR) is 92.4 cm³/mol. The lowest BCUT2D eigenvalue weighted by Gasteiger charge is -2.26. The SMILES string of the molecule is CCC[C@](C)(OC)C(=O)Nc1ccc(O[C@H](C)COC)c(Cl)c1. The molecule has 0 saturated carbocycles. The molecule has 1 amide bonds. The van der Waals surface area contributed by atoms with Crippen molar-refractivity contribution in [1.29, 1.82) is 0 Å². The Morgan fingerprint density at radius 1 is 1.39 bits per heavy atom. The molecule has 0 aromatic heterocycles. The molecule has 1 aromatic carbocycles. The van der Waals surface area contributed by atoms with Crippen molar-refractivity contribution in [2.75, 3.05) is 26.1 Å². The van der Waals surface area contributed by atoms with Crippen LogP contribution in [-0.4, -0.2) is 38.4 Å². The van der Waals surface area contributed by atoms with Crippen LogP contribution in [0.3, 0.4) is 0 Å². The Hall–Kier alpha value is -1.30. The lowest BCUT2D eigenvalue weighted by molar-refractivity contribution is -0.136. The van der Waals surface area contributed by atoms with E-state index in [1.807, 2.05) is 13.8 Å². The second-order valence-electron chi connectivity index (χ2n) is 5.67. The number of nitrogens with one attached hydrogen (secondary N) is 1. The second kappa shape index (κ2) is 9.11. The first kappa shape index (κ1) is 19.7. The van der Waals surface area contributed by atoms with E-state index >= 15 is 0 Å². The molecule has 0 heterocycles. The summed E-state index contributed by atoms with van der Waals surface area (Å²) < 4.78 is 16.1. The van der Waals surface area contributed by atoms with Gasteiger partial charge in [-0.05, 0) is 38.5 Å². The number of benzene rings is 1. The monoisotopic (exact) mass is 343 g/mol. The molecule has 0 aliphatic carbocycles. The largest absolute Gasteiger partial charge is 0.487 e. The van der Waals surface area contributed by atoms with Crippen molar-refractivity contribution in [2.24, 2.45) is 0 Å². The number of hydrogen-bond acceptors (Lipinski definition) is 4. The fraction of sp³-hybridized carbons (Fsp3) is 0.588. The van der Waals surface area contributed by atoms with E-state index in [0.717, 1.165) is 6.42 Å². The molecular formula is C17H26ClNO4. The van der Waals surface area contributed by atoms with Crippen LogP contribution in [-0.2, 0) is 14.3 Å². The van der Waals surface area contributed by atoms with Crippen LogP contribution in [0.2, 0.25) is 5.02 Å².